The van der Waals surface area contributed by atoms with Crippen LogP contribution in [0.25, 0.3) is 0 Å². The van der Waals surface area contributed by atoms with E-state index in [1.807, 2.05) is 17.0 Å². The number of hydrogen-bond acceptors (Lipinski definition) is 5. The molecule has 1 spiro atoms. The van der Waals surface area contributed by atoms with Crippen LogP contribution in [0.2, 0.25) is 0 Å². The van der Waals surface area contributed by atoms with Crippen molar-refractivity contribution in [1.29, 1.82) is 0 Å². The number of hydrogen-bond donors (Lipinski definition) is 1. The highest BCUT2D eigenvalue weighted by Crippen LogP contribution is 2.36. The summed E-state index contributed by atoms with van der Waals surface area (Å²) in [5.74, 6) is 0.723. The number of likely N-dealkylation sites (tertiary alicyclic amines) is 1. The summed E-state index contributed by atoms with van der Waals surface area (Å²) in [5.41, 5.74) is 0.228. The molecule has 0 radical (unpaired) electrons. The van der Waals surface area contributed by atoms with Crippen molar-refractivity contribution >= 4 is 5.91 Å². The van der Waals surface area contributed by atoms with Crippen LogP contribution in [0.1, 0.15) is 23.3 Å². The standard InChI is InChI=1S/C16H18N4O3/c21-15(14-8-18-11-19-14)20-5-3-16(10-20)6-13(9-22-16)23-12-2-1-4-17-7-12/h1-2,4,7-8,11,13H,3,5-6,9-10H2,(H,18,19). The summed E-state index contributed by atoms with van der Waals surface area (Å²) in [6.45, 7) is 1.83. The molecule has 2 fully saturated rings. The Kier molecular flexibility index (Phi) is 3.49. The Balaban J connectivity index is 1.38. The molecule has 2 unspecified atom stereocenters. The zero-order valence-corrected chi connectivity index (χ0v) is 12.6. The van der Waals surface area contributed by atoms with Gasteiger partial charge in [0.2, 0.25) is 0 Å². The second-order valence-corrected chi connectivity index (χ2v) is 6.07. The van der Waals surface area contributed by atoms with E-state index >= 15 is 0 Å². The summed E-state index contributed by atoms with van der Waals surface area (Å²) in [6.07, 6.45) is 8.11. The predicted molar refractivity (Wildman–Crippen MR) is 81.1 cm³/mol. The minimum absolute atomic E-state index is 0.00130. The summed E-state index contributed by atoms with van der Waals surface area (Å²) in [6, 6.07) is 3.74. The lowest BCUT2D eigenvalue weighted by atomic mass is 9.98. The quantitative estimate of drug-likeness (QED) is 0.922. The Morgan fingerprint density at radius 3 is 3.17 bits per heavy atom. The van der Waals surface area contributed by atoms with Crippen LogP contribution < -0.4 is 4.74 Å². The van der Waals surface area contributed by atoms with Gasteiger partial charge in [0, 0.05) is 19.2 Å². The molecule has 2 aliphatic rings. The number of carbonyl (C=O) groups excluding carboxylic acids is 1. The van der Waals surface area contributed by atoms with Gasteiger partial charge in [-0.2, -0.15) is 0 Å². The van der Waals surface area contributed by atoms with Crippen molar-refractivity contribution in [2.75, 3.05) is 19.7 Å². The van der Waals surface area contributed by atoms with Crippen LogP contribution >= 0.6 is 0 Å². The first-order valence-electron chi connectivity index (χ1n) is 7.72. The molecule has 1 amide bonds. The lowest BCUT2D eigenvalue weighted by Crippen LogP contribution is -2.36. The van der Waals surface area contributed by atoms with Crippen LogP contribution in [0.5, 0.6) is 5.75 Å². The van der Waals surface area contributed by atoms with Crippen molar-refractivity contribution in [2.24, 2.45) is 0 Å². The van der Waals surface area contributed by atoms with Crippen molar-refractivity contribution in [3.05, 3.63) is 42.7 Å². The van der Waals surface area contributed by atoms with Crippen molar-refractivity contribution in [2.45, 2.75) is 24.5 Å². The minimum atomic E-state index is -0.289. The SMILES string of the molecule is O=C(c1cnc[nH]1)N1CCC2(CC(Oc3cccnc3)CO2)C1. The molecule has 0 aromatic carbocycles. The molecule has 7 heteroatoms. The summed E-state index contributed by atoms with van der Waals surface area (Å²) in [7, 11) is 0. The summed E-state index contributed by atoms with van der Waals surface area (Å²) < 4.78 is 11.9. The number of imidazole rings is 1. The monoisotopic (exact) mass is 314 g/mol. The van der Waals surface area contributed by atoms with E-state index in [1.165, 1.54) is 6.33 Å². The molecule has 1 N–H and O–H groups in total. The van der Waals surface area contributed by atoms with E-state index in [0.717, 1.165) is 18.6 Å². The van der Waals surface area contributed by atoms with E-state index in [9.17, 15) is 4.79 Å². The van der Waals surface area contributed by atoms with Gasteiger partial charge in [-0.25, -0.2) is 4.98 Å². The molecule has 7 nitrogen and oxygen atoms in total. The normalized spacial score (nSPS) is 26.8. The van der Waals surface area contributed by atoms with Gasteiger partial charge >= 0.3 is 0 Å². The maximum absolute atomic E-state index is 12.4. The molecule has 120 valence electrons. The molecular weight excluding hydrogens is 296 g/mol. The van der Waals surface area contributed by atoms with Crippen LogP contribution in [0.15, 0.2) is 37.1 Å². The van der Waals surface area contributed by atoms with Crippen molar-refractivity contribution in [3.63, 3.8) is 0 Å². The molecule has 2 aromatic heterocycles. The Labute approximate surface area is 133 Å². The molecule has 23 heavy (non-hydrogen) atoms. The molecule has 2 aromatic rings. The molecule has 4 rings (SSSR count). The van der Waals surface area contributed by atoms with E-state index in [-0.39, 0.29) is 17.6 Å². The van der Waals surface area contributed by atoms with Crippen LogP contribution in [0.3, 0.4) is 0 Å². The number of amides is 1. The molecule has 4 heterocycles. The average Bonchev–Trinajstić information content (AvgIpc) is 3.31. The Bertz CT molecular complexity index is 676. The topological polar surface area (TPSA) is 80.3 Å². The first kappa shape index (κ1) is 14.2. The number of H-pyrrole nitrogens is 1. The third-order valence-electron chi connectivity index (χ3n) is 4.44. The van der Waals surface area contributed by atoms with E-state index in [1.54, 1.807) is 18.6 Å². The Morgan fingerprint density at radius 1 is 1.43 bits per heavy atom. The van der Waals surface area contributed by atoms with Gasteiger partial charge in [0.15, 0.2) is 0 Å². The number of aromatic amines is 1. The van der Waals surface area contributed by atoms with Crippen LogP contribution in [0, 0.1) is 0 Å². The van der Waals surface area contributed by atoms with Crippen molar-refractivity contribution in [3.8, 4) is 5.75 Å². The van der Waals surface area contributed by atoms with E-state index in [0.29, 0.717) is 25.4 Å². The number of pyridine rings is 1. The number of aromatic nitrogens is 3. The summed E-state index contributed by atoms with van der Waals surface area (Å²) in [5, 5.41) is 0. The smallest absolute Gasteiger partial charge is 0.272 e. The van der Waals surface area contributed by atoms with Gasteiger partial charge in [-0.1, -0.05) is 0 Å². The van der Waals surface area contributed by atoms with Crippen LogP contribution in [-0.2, 0) is 4.74 Å². The third-order valence-corrected chi connectivity index (χ3v) is 4.44. The van der Waals surface area contributed by atoms with Crippen LogP contribution in [0.4, 0.5) is 0 Å². The van der Waals surface area contributed by atoms with E-state index in [4.69, 9.17) is 9.47 Å². The fourth-order valence-electron chi connectivity index (χ4n) is 3.33. The summed E-state index contributed by atoms with van der Waals surface area (Å²) in [4.78, 5) is 25.0. The molecule has 2 aliphatic heterocycles. The predicted octanol–water partition coefficient (Wildman–Crippen LogP) is 1.26. The summed E-state index contributed by atoms with van der Waals surface area (Å²) >= 11 is 0. The second-order valence-electron chi connectivity index (χ2n) is 6.07. The van der Waals surface area contributed by atoms with Gasteiger partial charge in [-0.3, -0.25) is 9.78 Å². The maximum Gasteiger partial charge on any atom is 0.272 e. The molecular formula is C16H18N4O3. The largest absolute Gasteiger partial charge is 0.486 e. The van der Waals surface area contributed by atoms with Gasteiger partial charge in [-0.05, 0) is 18.6 Å². The van der Waals surface area contributed by atoms with E-state index < -0.39 is 0 Å². The highest BCUT2D eigenvalue weighted by molar-refractivity contribution is 5.92. The molecule has 2 atom stereocenters. The minimum Gasteiger partial charge on any atom is -0.486 e. The molecule has 2 saturated heterocycles. The maximum atomic E-state index is 12.4. The molecule has 0 bridgehead atoms. The lowest BCUT2D eigenvalue weighted by Gasteiger charge is -2.23. The van der Waals surface area contributed by atoms with Crippen molar-refractivity contribution < 1.29 is 14.3 Å². The first-order valence-corrected chi connectivity index (χ1v) is 7.72. The van der Waals surface area contributed by atoms with Gasteiger partial charge in [0.25, 0.3) is 5.91 Å². The Hall–Kier alpha value is -2.41. The zero-order chi connectivity index (χ0) is 15.7. The Morgan fingerprint density at radius 2 is 2.39 bits per heavy atom. The number of ether oxygens (including phenoxy) is 2. The zero-order valence-electron chi connectivity index (χ0n) is 12.6. The average molecular weight is 314 g/mol. The molecule has 0 saturated carbocycles. The number of carbonyl (C=O) groups is 1. The van der Waals surface area contributed by atoms with Crippen molar-refractivity contribution in [1.82, 2.24) is 19.9 Å². The van der Waals surface area contributed by atoms with Gasteiger partial charge in [0.05, 0.1) is 37.5 Å². The first-order chi connectivity index (χ1) is 11.2. The molecule has 0 aliphatic carbocycles. The highest BCUT2D eigenvalue weighted by atomic mass is 16.6. The van der Waals surface area contributed by atoms with Gasteiger partial charge in [-0.15, -0.1) is 0 Å². The third kappa shape index (κ3) is 2.79. The van der Waals surface area contributed by atoms with E-state index in [2.05, 4.69) is 15.0 Å². The fourth-order valence-corrected chi connectivity index (χ4v) is 3.33. The highest BCUT2D eigenvalue weighted by Gasteiger charge is 2.47. The van der Waals surface area contributed by atoms with Crippen LogP contribution in [-0.4, -0.2) is 57.2 Å². The van der Waals surface area contributed by atoms with Gasteiger partial charge < -0.3 is 19.4 Å². The fraction of sp³-hybridized carbons (Fsp3) is 0.438. The lowest BCUT2D eigenvalue weighted by molar-refractivity contribution is 0.00989. The number of rotatable bonds is 3. The van der Waals surface area contributed by atoms with Gasteiger partial charge in [0.1, 0.15) is 17.5 Å². The number of nitrogens with one attached hydrogen (secondary N) is 1. The second kappa shape index (κ2) is 5.66. The number of nitrogens with zero attached hydrogens (tertiary/aromatic N) is 3.